The van der Waals surface area contributed by atoms with Crippen LogP contribution in [0.15, 0.2) is 29.6 Å². The largest absolute Gasteiger partial charge is 0.466 e. The van der Waals surface area contributed by atoms with Gasteiger partial charge in [-0.15, -0.1) is 11.3 Å². The van der Waals surface area contributed by atoms with Gasteiger partial charge in [0.2, 0.25) is 0 Å². The number of esters is 1. The number of ether oxygens (including phenoxy) is 1. The summed E-state index contributed by atoms with van der Waals surface area (Å²) < 4.78 is 42.8. The molecule has 24 heavy (non-hydrogen) atoms. The minimum absolute atomic E-state index is 0.191. The fourth-order valence-corrected chi connectivity index (χ4v) is 3.20. The first-order chi connectivity index (χ1) is 11.1. The van der Waals surface area contributed by atoms with Gasteiger partial charge in [-0.05, 0) is 19.1 Å². The third-order valence-electron chi connectivity index (χ3n) is 3.55. The molecule has 3 nitrogen and oxygen atoms in total. The zero-order chi connectivity index (χ0) is 18.0. The lowest BCUT2D eigenvalue weighted by atomic mass is 9.86. The molecule has 0 aliphatic heterocycles. The van der Waals surface area contributed by atoms with Gasteiger partial charge in [0.05, 0.1) is 24.3 Å². The summed E-state index contributed by atoms with van der Waals surface area (Å²) in [5.41, 5.74) is 0.139. The first-order valence-electron chi connectivity index (χ1n) is 7.43. The summed E-state index contributed by atoms with van der Waals surface area (Å²) in [6.07, 6.45) is -4.16. The van der Waals surface area contributed by atoms with E-state index in [1.54, 1.807) is 6.92 Å². The van der Waals surface area contributed by atoms with Crippen LogP contribution in [0.1, 0.15) is 38.4 Å². The van der Waals surface area contributed by atoms with Gasteiger partial charge >= 0.3 is 12.1 Å². The van der Waals surface area contributed by atoms with E-state index >= 15 is 0 Å². The highest BCUT2D eigenvalue weighted by Crippen LogP contribution is 2.34. The maximum Gasteiger partial charge on any atom is 0.416 e. The highest BCUT2D eigenvalue weighted by atomic mass is 32.1. The lowest BCUT2D eigenvalue weighted by Gasteiger charge is -2.20. The molecule has 1 heterocycles. The topological polar surface area (TPSA) is 39.2 Å². The summed E-state index contributed by atoms with van der Waals surface area (Å²) in [5, 5.41) is 2.45. The summed E-state index contributed by atoms with van der Waals surface area (Å²) in [4.78, 5) is 16.2. The Hall–Kier alpha value is -1.89. The zero-order valence-corrected chi connectivity index (χ0v) is 14.4. The van der Waals surface area contributed by atoms with Gasteiger partial charge in [0.15, 0.2) is 0 Å². The number of hydrogen-bond acceptors (Lipinski definition) is 4. The Balaban J connectivity index is 2.19. The summed E-state index contributed by atoms with van der Waals surface area (Å²) in [5.74, 6) is -0.299. The van der Waals surface area contributed by atoms with Crippen molar-refractivity contribution in [3.63, 3.8) is 0 Å². The van der Waals surface area contributed by atoms with Crippen LogP contribution in [0.25, 0.3) is 10.6 Å². The fraction of sp³-hybridized carbons (Fsp3) is 0.412. The minimum Gasteiger partial charge on any atom is -0.466 e. The molecule has 0 unspecified atom stereocenters. The molecule has 0 atom stereocenters. The van der Waals surface area contributed by atoms with E-state index in [0.717, 1.165) is 17.8 Å². The third kappa shape index (κ3) is 4.35. The SMILES string of the molecule is CCOC(=O)CC(C)(C)c1csc(-c2ccc(C(F)(F)F)cc2)n1. The van der Waals surface area contributed by atoms with Crippen LogP contribution in [-0.2, 0) is 21.1 Å². The number of alkyl halides is 3. The van der Waals surface area contributed by atoms with E-state index in [2.05, 4.69) is 4.98 Å². The van der Waals surface area contributed by atoms with Crippen LogP contribution < -0.4 is 0 Å². The molecule has 0 saturated carbocycles. The Bertz CT molecular complexity index is 705. The van der Waals surface area contributed by atoms with Crippen molar-refractivity contribution in [3.05, 3.63) is 40.9 Å². The smallest absolute Gasteiger partial charge is 0.416 e. The van der Waals surface area contributed by atoms with Crippen LogP contribution in [0, 0.1) is 0 Å². The molecular formula is C17H18F3NO2S. The fourth-order valence-electron chi connectivity index (χ4n) is 2.18. The van der Waals surface area contributed by atoms with Crippen molar-refractivity contribution >= 4 is 17.3 Å². The molecule has 130 valence electrons. The lowest BCUT2D eigenvalue weighted by Crippen LogP contribution is -2.23. The van der Waals surface area contributed by atoms with Crippen molar-refractivity contribution in [3.8, 4) is 10.6 Å². The van der Waals surface area contributed by atoms with E-state index in [9.17, 15) is 18.0 Å². The Morgan fingerprint density at radius 1 is 1.21 bits per heavy atom. The Labute approximate surface area is 142 Å². The number of carbonyl (C=O) groups is 1. The predicted octanol–water partition coefficient (Wildman–Crippen LogP) is 5.06. The summed E-state index contributed by atoms with van der Waals surface area (Å²) in [7, 11) is 0. The van der Waals surface area contributed by atoms with Gasteiger partial charge in [0.25, 0.3) is 0 Å². The Kier molecular flexibility index (Phi) is 5.32. The van der Waals surface area contributed by atoms with Gasteiger partial charge in [0, 0.05) is 16.4 Å². The molecular weight excluding hydrogens is 339 g/mol. The molecule has 0 aliphatic rings. The molecule has 0 saturated heterocycles. The average Bonchev–Trinajstić information content (AvgIpc) is 2.97. The molecule has 7 heteroatoms. The monoisotopic (exact) mass is 357 g/mol. The molecule has 0 N–H and O–H groups in total. The molecule has 0 spiro atoms. The Morgan fingerprint density at radius 2 is 1.83 bits per heavy atom. The minimum atomic E-state index is -4.35. The number of hydrogen-bond donors (Lipinski definition) is 0. The number of benzene rings is 1. The van der Waals surface area contributed by atoms with Crippen LogP contribution in [0.4, 0.5) is 13.2 Å². The molecule has 0 amide bonds. The molecule has 0 fully saturated rings. The summed E-state index contributed by atoms with van der Waals surface area (Å²) in [6.45, 7) is 5.84. The second-order valence-electron chi connectivity index (χ2n) is 5.98. The summed E-state index contributed by atoms with van der Waals surface area (Å²) in [6, 6.07) is 4.90. The van der Waals surface area contributed by atoms with Crippen molar-refractivity contribution in [1.29, 1.82) is 0 Å². The number of halogens is 3. The standard InChI is InChI=1S/C17H18F3NO2S/c1-4-23-14(22)9-16(2,3)13-10-24-15(21-13)11-5-7-12(8-6-11)17(18,19)20/h5-8,10H,4,9H2,1-3H3. The third-order valence-corrected chi connectivity index (χ3v) is 4.44. The molecule has 0 radical (unpaired) electrons. The molecule has 2 rings (SSSR count). The van der Waals surface area contributed by atoms with E-state index < -0.39 is 17.2 Å². The van der Waals surface area contributed by atoms with Gasteiger partial charge < -0.3 is 4.74 Å². The molecule has 0 aliphatic carbocycles. The van der Waals surface area contributed by atoms with Gasteiger partial charge in [-0.25, -0.2) is 4.98 Å². The second kappa shape index (κ2) is 6.93. The molecule has 1 aromatic heterocycles. The van der Waals surface area contributed by atoms with Crippen molar-refractivity contribution in [2.75, 3.05) is 6.61 Å². The summed E-state index contributed by atoms with van der Waals surface area (Å²) >= 11 is 1.34. The van der Waals surface area contributed by atoms with Gasteiger partial charge in [0.1, 0.15) is 5.01 Å². The van der Waals surface area contributed by atoms with E-state index in [0.29, 0.717) is 17.2 Å². The van der Waals surface area contributed by atoms with Crippen LogP contribution in [0.2, 0.25) is 0 Å². The maximum atomic E-state index is 12.6. The number of aromatic nitrogens is 1. The quantitative estimate of drug-likeness (QED) is 0.702. The van der Waals surface area contributed by atoms with Crippen molar-refractivity contribution < 1.29 is 22.7 Å². The predicted molar refractivity (Wildman–Crippen MR) is 86.8 cm³/mol. The van der Waals surface area contributed by atoms with Gasteiger partial charge in [-0.2, -0.15) is 13.2 Å². The molecule has 0 bridgehead atoms. The lowest BCUT2D eigenvalue weighted by molar-refractivity contribution is -0.144. The van der Waals surface area contributed by atoms with E-state index in [4.69, 9.17) is 4.74 Å². The van der Waals surface area contributed by atoms with E-state index in [-0.39, 0.29) is 12.4 Å². The molecule has 1 aromatic carbocycles. The zero-order valence-electron chi connectivity index (χ0n) is 13.6. The average molecular weight is 357 g/mol. The molecule has 2 aromatic rings. The number of carbonyl (C=O) groups excluding carboxylic acids is 1. The number of nitrogens with zero attached hydrogens (tertiary/aromatic N) is 1. The first-order valence-corrected chi connectivity index (χ1v) is 8.30. The van der Waals surface area contributed by atoms with Crippen molar-refractivity contribution in [2.24, 2.45) is 0 Å². The van der Waals surface area contributed by atoms with Crippen LogP contribution in [0.5, 0.6) is 0 Å². The van der Waals surface area contributed by atoms with Gasteiger partial charge in [-0.3, -0.25) is 4.79 Å². The normalized spacial score (nSPS) is 12.2. The van der Waals surface area contributed by atoms with Gasteiger partial charge in [-0.1, -0.05) is 26.0 Å². The van der Waals surface area contributed by atoms with Crippen molar-refractivity contribution in [1.82, 2.24) is 4.98 Å². The Morgan fingerprint density at radius 3 is 2.38 bits per heavy atom. The van der Waals surface area contributed by atoms with E-state index in [1.807, 2.05) is 19.2 Å². The second-order valence-corrected chi connectivity index (χ2v) is 6.84. The highest BCUT2D eigenvalue weighted by molar-refractivity contribution is 7.13. The first kappa shape index (κ1) is 18.4. The van der Waals surface area contributed by atoms with E-state index in [1.165, 1.54) is 23.5 Å². The van der Waals surface area contributed by atoms with Crippen LogP contribution in [-0.4, -0.2) is 17.6 Å². The van der Waals surface area contributed by atoms with Crippen LogP contribution in [0.3, 0.4) is 0 Å². The highest BCUT2D eigenvalue weighted by Gasteiger charge is 2.30. The van der Waals surface area contributed by atoms with Crippen LogP contribution >= 0.6 is 11.3 Å². The number of thiazole rings is 1. The number of rotatable bonds is 5. The van der Waals surface area contributed by atoms with Crippen molar-refractivity contribution in [2.45, 2.75) is 38.8 Å². The maximum absolute atomic E-state index is 12.6.